The number of furan rings is 1. The van der Waals surface area contributed by atoms with Gasteiger partial charge in [0, 0.05) is 11.4 Å². The Morgan fingerprint density at radius 1 is 1.38 bits per heavy atom. The van der Waals surface area contributed by atoms with Crippen LogP contribution in [-0.4, -0.2) is 28.4 Å². The van der Waals surface area contributed by atoms with Crippen LogP contribution in [-0.2, 0) is 6.42 Å². The third-order valence-electron chi connectivity index (χ3n) is 3.77. The molecule has 0 aromatic carbocycles. The molecule has 21 heavy (non-hydrogen) atoms. The van der Waals surface area contributed by atoms with E-state index in [4.69, 9.17) is 9.52 Å². The second-order valence-electron chi connectivity index (χ2n) is 4.94. The molecule has 0 unspecified atom stereocenters. The highest BCUT2D eigenvalue weighted by Crippen LogP contribution is 2.36. The van der Waals surface area contributed by atoms with Gasteiger partial charge in [0.15, 0.2) is 5.76 Å². The lowest BCUT2D eigenvalue weighted by Gasteiger charge is -2.34. The Kier molecular flexibility index (Phi) is 3.55. The van der Waals surface area contributed by atoms with E-state index in [0.717, 1.165) is 12.8 Å². The molecule has 0 spiro atoms. The van der Waals surface area contributed by atoms with Crippen molar-refractivity contribution in [3.8, 4) is 0 Å². The van der Waals surface area contributed by atoms with Gasteiger partial charge in [-0.15, -0.1) is 11.3 Å². The summed E-state index contributed by atoms with van der Waals surface area (Å²) in [5, 5.41) is 10.9. The van der Waals surface area contributed by atoms with E-state index in [-0.39, 0.29) is 23.5 Å². The van der Waals surface area contributed by atoms with Gasteiger partial charge in [0.2, 0.25) is 5.76 Å². The van der Waals surface area contributed by atoms with E-state index in [1.165, 1.54) is 22.6 Å². The zero-order valence-corrected chi connectivity index (χ0v) is 12.4. The van der Waals surface area contributed by atoms with E-state index >= 15 is 0 Å². The maximum Gasteiger partial charge on any atom is 0.371 e. The van der Waals surface area contributed by atoms with Gasteiger partial charge in [-0.1, -0.05) is 6.92 Å². The second kappa shape index (κ2) is 5.37. The largest absolute Gasteiger partial charge is 0.475 e. The smallest absolute Gasteiger partial charge is 0.371 e. The van der Waals surface area contributed by atoms with Crippen molar-refractivity contribution < 1.29 is 19.1 Å². The fraction of sp³-hybridized carbons (Fsp3) is 0.333. The number of fused-ring (bicyclic) bond motifs is 1. The Morgan fingerprint density at radius 3 is 2.81 bits per heavy atom. The summed E-state index contributed by atoms with van der Waals surface area (Å²) in [6, 6.07) is 4.85. The first-order valence-corrected chi connectivity index (χ1v) is 7.70. The third-order valence-corrected chi connectivity index (χ3v) is 4.77. The molecule has 1 aliphatic rings. The molecule has 1 N–H and O–H groups in total. The molecule has 0 saturated heterocycles. The highest BCUT2D eigenvalue weighted by atomic mass is 32.1. The number of carboxylic acid groups (broad SMARTS) is 1. The number of carbonyl (C=O) groups is 2. The van der Waals surface area contributed by atoms with Gasteiger partial charge in [0.25, 0.3) is 5.91 Å². The van der Waals surface area contributed by atoms with E-state index in [9.17, 15) is 9.59 Å². The van der Waals surface area contributed by atoms with Gasteiger partial charge >= 0.3 is 5.97 Å². The molecule has 110 valence electrons. The van der Waals surface area contributed by atoms with Crippen LogP contribution in [0.15, 0.2) is 28.0 Å². The van der Waals surface area contributed by atoms with Crippen molar-refractivity contribution in [3.63, 3.8) is 0 Å². The molecule has 0 fully saturated rings. The molecular weight excluding hydrogens is 290 g/mol. The molecule has 1 aliphatic heterocycles. The first-order chi connectivity index (χ1) is 10.1. The van der Waals surface area contributed by atoms with E-state index in [2.05, 4.69) is 11.4 Å². The molecule has 3 heterocycles. The Bertz CT molecular complexity index is 687. The number of thiophene rings is 1. The summed E-state index contributed by atoms with van der Waals surface area (Å²) in [6.45, 7) is 2.68. The van der Waals surface area contributed by atoms with Gasteiger partial charge in [-0.05, 0) is 42.0 Å². The van der Waals surface area contributed by atoms with Gasteiger partial charge in [0.05, 0.1) is 6.04 Å². The Balaban J connectivity index is 1.89. The van der Waals surface area contributed by atoms with E-state index < -0.39 is 5.97 Å². The van der Waals surface area contributed by atoms with Crippen LogP contribution in [0, 0.1) is 0 Å². The molecular formula is C15H15NO4S. The summed E-state index contributed by atoms with van der Waals surface area (Å²) < 4.78 is 5.13. The lowest BCUT2D eigenvalue weighted by Crippen LogP contribution is -2.39. The summed E-state index contributed by atoms with van der Waals surface area (Å²) >= 11 is 1.72. The van der Waals surface area contributed by atoms with Crippen LogP contribution in [0.4, 0.5) is 0 Å². The van der Waals surface area contributed by atoms with E-state index in [1.807, 2.05) is 6.92 Å². The molecule has 2 aromatic rings. The van der Waals surface area contributed by atoms with Crippen molar-refractivity contribution in [2.24, 2.45) is 0 Å². The van der Waals surface area contributed by atoms with Gasteiger partial charge in [0.1, 0.15) is 0 Å². The molecule has 1 atom stereocenters. The van der Waals surface area contributed by atoms with E-state index in [0.29, 0.717) is 6.54 Å². The topological polar surface area (TPSA) is 70.8 Å². The molecule has 0 radical (unpaired) electrons. The molecule has 0 saturated carbocycles. The van der Waals surface area contributed by atoms with Crippen molar-refractivity contribution in [2.45, 2.75) is 25.8 Å². The summed E-state index contributed by atoms with van der Waals surface area (Å²) in [4.78, 5) is 26.5. The number of amides is 1. The highest BCUT2D eigenvalue weighted by Gasteiger charge is 2.32. The quantitative estimate of drug-likeness (QED) is 0.945. The maximum atomic E-state index is 12.6. The Hall–Kier alpha value is -2.08. The lowest BCUT2D eigenvalue weighted by molar-refractivity contribution is 0.0606. The van der Waals surface area contributed by atoms with Gasteiger partial charge < -0.3 is 14.4 Å². The minimum Gasteiger partial charge on any atom is -0.475 e. The molecule has 0 aliphatic carbocycles. The third kappa shape index (κ3) is 2.35. The second-order valence-corrected chi connectivity index (χ2v) is 5.94. The average molecular weight is 305 g/mol. The first kappa shape index (κ1) is 13.9. The predicted octanol–water partition coefficient (Wildman–Crippen LogP) is 3.19. The number of carboxylic acids is 1. The van der Waals surface area contributed by atoms with Gasteiger partial charge in [-0.25, -0.2) is 4.79 Å². The van der Waals surface area contributed by atoms with E-state index in [1.54, 1.807) is 16.2 Å². The average Bonchev–Trinajstić information content (AvgIpc) is 3.13. The van der Waals surface area contributed by atoms with Crippen molar-refractivity contribution in [2.75, 3.05) is 6.54 Å². The molecule has 0 bridgehead atoms. The van der Waals surface area contributed by atoms with Gasteiger partial charge in [-0.3, -0.25) is 4.79 Å². The first-order valence-electron chi connectivity index (χ1n) is 6.82. The van der Waals surface area contributed by atoms with Crippen LogP contribution in [0.3, 0.4) is 0 Å². The monoisotopic (exact) mass is 305 g/mol. The molecule has 3 rings (SSSR count). The maximum absolute atomic E-state index is 12.6. The van der Waals surface area contributed by atoms with Gasteiger partial charge in [-0.2, -0.15) is 0 Å². The van der Waals surface area contributed by atoms with Crippen LogP contribution < -0.4 is 0 Å². The Labute approximate surface area is 125 Å². The van der Waals surface area contributed by atoms with Crippen molar-refractivity contribution in [1.82, 2.24) is 4.90 Å². The number of nitrogens with zero attached hydrogens (tertiary/aromatic N) is 1. The number of rotatable bonds is 3. The fourth-order valence-corrected chi connectivity index (χ4v) is 3.72. The summed E-state index contributed by atoms with van der Waals surface area (Å²) in [5.74, 6) is -1.53. The SMILES string of the molecule is CC[C@H]1c2ccsc2CCN1C(=O)c1ccc(C(=O)O)o1. The zero-order chi connectivity index (χ0) is 15.0. The fourth-order valence-electron chi connectivity index (χ4n) is 2.79. The standard InChI is InChI=1S/C15H15NO4S/c1-2-10-9-6-8-21-13(9)5-7-16(10)14(17)11-3-4-12(20-11)15(18)19/h3-4,6,8,10H,2,5,7H2,1H3,(H,18,19)/t10-/m0/s1. The lowest BCUT2D eigenvalue weighted by atomic mass is 9.97. The zero-order valence-electron chi connectivity index (χ0n) is 11.5. The number of hydrogen-bond donors (Lipinski definition) is 1. The Morgan fingerprint density at radius 2 is 2.14 bits per heavy atom. The number of aromatic carboxylic acids is 1. The van der Waals surface area contributed by atoms with Crippen molar-refractivity contribution in [3.05, 3.63) is 45.5 Å². The molecule has 6 heteroatoms. The van der Waals surface area contributed by atoms with Crippen LogP contribution >= 0.6 is 11.3 Å². The number of carbonyl (C=O) groups excluding carboxylic acids is 1. The summed E-state index contributed by atoms with van der Waals surface area (Å²) in [7, 11) is 0. The molecule has 1 amide bonds. The van der Waals surface area contributed by atoms with Crippen LogP contribution in [0.25, 0.3) is 0 Å². The van der Waals surface area contributed by atoms with Crippen molar-refractivity contribution in [1.29, 1.82) is 0 Å². The highest BCUT2D eigenvalue weighted by molar-refractivity contribution is 7.10. The summed E-state index contributed by atoms with van der Waals surface area (Å²) in [6.07, 6.45) is 1.66. The summed E-state index contributed by atoms with van der Waals surface area (Å²) in [5.41, 5.74) is 1.20. The van der Waals surface area contributed by atoms with Crippen LogP contribution in [0.2, 0.25) is 0 Å². The normalized spacial score (nSPS) is 17.6. The van der Waals surface area contributed by atoms with Crippen LogP contribution in [0.5, 0.6) is 0 Å². The predicted molar refractivity (Wildman–Crippen MR) is 77.8 cm³/mol. The number of hydrogen-bond acceptors (Lipinski definition) is 4. The van der Waals surface area contributed by atoms with Crippen LogP contribution in [0.1, 0.15) is 50.9 Å². The molecule has 2 aromatic heterocycles. The van der Waals surface area contributed by atoms with Crippen molar-refractivity contribution >= 4 is 23.2 Å². The minimum atomic E-state index is -1.17. The molecule has 5 nitrogen and oxygen atoms in total. The minimum absolute atomic E-state index is 0.0332.